The van der Waals surface area contributed by atoms with Crippen molar-refractivity contribution in [2.45, 2.75) is 0 Å². The number of nitrogens with one attached hydrogen (secondary N) is 1. The smallest absolute Gasteiger partial charge is 0.258 e. The molecule has 0 aliphatic heterocycles. The van der Waals surface area contributed by atoms with Crippen LogP contribution in [0.15, 0.2) is 23.4 Å². The number of H-pyrrole nitrogens is 1. The summed E-state index contributed by atoms with van der Waals surface area (Å²) in [4.78, 5) is 21.3. The van der Waals surface area contributed by atoms with Gasteiger partial charge < -0.3 is 4.98 Å². The maximum atomic E-state index is 11.1. The number of hydrogen-bond donors (Lipinski definition) is 1. The number of rotatable bonds is 0. The molecule has 0 spiro atoms. The molecule has 0 saturated carbocycles. The Morgan fingerprint density at radius 3 is 3.00 bits per heavy atom. The molecule has 1 N–H and O–H groups in total. The van der Waals surface area contributed by atoms with Crippen molar-refractivity contribution in [1.29, 1.82) is 0 Å². The van der Waals surface area contributed by atoms with Gasteiger partial charge in [0.05, 0.1) is 11.7 Å². The van der Waals surface area contributed by atoms with Crippen LogP contribution >= 0.6 is 11.6 Å². The van der Waals surface area contributed by atoms with Crippen LogP contribution in [0.25, 0.3) is 10.9 Å². The first-order valence-corrected chi connectivity index (χ1v) is 3.65. The molecule has 2 heterocycles. The van der Waals surface area contributed by atoms with Gasteiger partial charge in [-0.1, -0.05) is 11.6 Å². The average Bonchev–Trinajstić information content (AvgIpc) is 2.07. The summed E-state index contributed by atoms with van der Waals surface area (Å²) in [5.41, 5.74) is 0.229. The zero-order valence-electron chi connectivity index (χ0n) is 5.91. The first-order valence-electron chi connectivity index (χ1n) is 3.27. The molecule has 0 aromatic carbocycles. The molecule has 0 bridgehead atoms. The predicted octanol–water partition coefficient (Wildman–Crippen LogP) is 0.972. The molecule has 0 radical (unpaired) electrons. The highest BCUT2D eigenvalue weighted by atomic mass is 35.5. The van der Waals surface area contributed by atoms with E-state index in [-0.39, 0.29) is 10.7 Å². The molecule has 0 aliphatic carbocycles. The number of halogens is 1. The van der Waals surface area contributed by atoms with Gasteiger partial charge in [-0.3, -0.25) is 4.79 Å². The quantitative estimate of drug-likeness (QED) is 0.617. The lowest BCUT2D eigenvalue weighted by molar-refractivity contribution is 1.16. The lowest BCUT2D eigenvalue weighted by atomic mass is 10.3. The second kappa shape index (κ2) is 2.57. The van der Waals surface area contributed by atoms with Gasteiger partial charge in [0.2, 0.25) is 0 Å². The number of fused-ring (bicyclic) bond motifs is 1. The van der Waals surface area contributed by atoms with Crippen molar-refractivity contribution in [3.05, 3.63) is 34.1 Å². The zero-order valence-corrected chi connectivity index (χ0v) is 6.67. The Balaban J connectivity index is 3.05. The minimum Gasteiger partial charge on any atom is -0.313 e. The molecule has 60 valence electrons. The van der Waals surface area contributed by atoms with Crippen molar-refractivity contribution in [1.82, 2.24) is 15.0 Å². The van der Waals surface area contributed by atoms with Crippen molar-refractivity contribution in [3.63, 3.8) is 0 Å². The number of aromatic amines is 1. The molecule has 0 aliphatic rings. The van der Waals surface area contributed by atoms with Gasteiger partial charge in [0.15, 0.2) is 5.15 Å². The van der Waals surface area contributed by atoms with E-state index in [2.05, 4.69) is 15.0 Å². The molecule has 0 unspecified atom stereocenters. The van der Waals surface area contributed by atoms with Gasteiger partial charge in [-0.15, -0.1) is 0 Å². The summed E-state index contributed by atoms with van der Waals surface area (Å²) < 4.78 is 0. The van der Waals surface area contributed by atoms with E-state index in [1.807, 2.05) is 0 Å². The monoisotopic (exact) mass is 181 g/mol. The highest BCUT2D eigenvalue weighted by Crippen LogP contribution is 2.13. The summed E-state index contributed by atoms with van der Waals surface area (Å²) in [6, 6.07) is 1.58. The van der Waals surface area contributed by atoms with Gasteiger partial charge in [0.1, 0.15) is 5.52 Å². The molecule has 2 rings (SSSR count). The van der Waals surface area contributed by atoms with Gasteiger partial charge in [-0.2, -0.15) is 0 Å². The molecule has 0 amide bonds. The van der Waals surface area contributed by atoms with E-state index in [0.29, 0.717) is 10.9 Å². The Morgan fingerprint density at radius 2 is 2.25 bits per heavy atom. The fourth-order valence-corrected chi connectivity index (χ4v) is 1.17. The molecule has 4 nitrogen and oxygen atoms in total. The maximum absolute atomic E-state index is 11.1. The van der Waals surface area contributed by atoms with Crippen molar-refractivity contribution in [2.24, 2.45) is 0 Å². The Labute approximate surface area is 72.2 Å². The Morgan fingerprint density at radius 1 is 1.42 bits per heavy atom. The summed E-state index contributed by atoms with van der Waals surface area (Å²) in [6.45, 7) is 0. The van der Waals surface area contributed by atoms with Crippen LogP contribution in [0.1, 0.15) is 0 Å². The van der Waals surface area contributed by atoms with Crippen LogP contribution in [0, 0.1) is 0 Å². The average molecular weight is 182 g/mol. The number of nitrogens with zero attached hydrogens (tertiary/aromatic N) is 2. The lowest BCUT2D eigenvalue weighted by Gasteiger charge is -1.94. The third-order valence-electron chi connectivity index (χ3n) is 1.51. The normalized spacial score (nSPS) is 10.4. The maximum Gasteiger partial charge on any atom is 0.258 e. The first-order chi connectivity index (χ1) is 5.79. The lowest BCUT2D eigenvalue weighted by Crippen LogP contribution is -2.06. The van der Waals surface area contributed by atoms with Crippen LogP contribution in [-0.2, 0) is 0 Å². The third kappa shape index (κ3) is 0.967. The van der Waals surface area contributed by atoms with Crippen LogP contribution in [0.5, 0.6) is 0 Å². The molecule has 12 heavy (non-hydrogen) atoms. The highest BCUT2D eigenvalue weighted by Gasteiger charge is 2.02. The summed E-state index contributed by atoms with van der Waals surface area (Å²) >= 11 is 5.70. The predicted molar refractivity (Wildman–Crippen MR) is 45.2 cm³/mol. The van der Waals surface area contributed by atoms with Gasteiger partial charge in [-0.25, -0.2) is 9.97 Å². The summed E-state index contributed by atoms with van der Waals surface area (Å²) in [6.07, 6.45) is 2.78. The van der Waals surface area contributed by atoms with Gasteiger partial charge >= 0.3 is 0 Å². The fourth-order valence-electron chi connectivity index (χ4n) is 0.968. The van der Waals surface area contributed by atoms with Gasteiger partial charge in [0.25, 0.3) is 5.56 Å². The fraction of sp³-hybridized carbons (Fsp3) is 0. The van der Waals surface area contributed by atoms with Crippen LogP contribution < -0.4 is 5.56 Å². The minimum atomic E-state index is -0.204. The van der Waals surface area contributed by atoms with Crippen LogP contribution in [0.2, 0.25) is 5.15 Å². The Bertz CT molecular complexity index is 479. The van der Waals surface area contributed by atoms with E-state index >= 15 is 0 Å². The molecular formula is C7H4ClN3O. The second-order valence-electron chi connectivity index (χ2n) is 2.23. The van der Waals surface area contributed by atoms with E-state index < -0.39 is 0 Å². The SMILES string of the molecule is O=c1[nH]cnc2c(Cl)nccc12. The van der Waals surface area contributed by atoms with Gasteiger partial charge in [0, 0.05) is 6.20 Å². The minimum absolute atomic E-state index is 0.204. The topological polar surface area (TPSA) is 58.6 Å². The number of aromatic nitrogens is 3. The van der Waals surface area contributed by atoms with Crippen molar-refractivity contribution >= 4 is 22.5 Å². The van der Waals surface area contributed by atoms with Crippen molar-refractivity contribution in [2.75, 3.05) is 0 Å². The molecule has 2 aromatic heterocycles. The van der Waals surface area contributed by atoms with Crippen LogP contribution in [0.4, 0.5) is 0 Å². The molecule has 5 heteroatoms. The second-order valence-corrected chi connectivity index (χ2v) is 2.59. The number of pyridine rings is 1. The summed E-state index contributed by atoms with van der Waals surface area (Å²) in [7, 11) is 0. The van der Waals surface area contributed by atoms with E-state index in [4.69, 9.17) is 11.6 Å². The molecular weight excluding hydrogens is 178 g/mol. The largest absolute Gasteiger partial charge is 0.313 e. The molecule has 0 saturated heterocycles. The Kier molecular flexibility index (Phi) is 1.55. The van der Waals surface area contributed by atoms with E-state index in [9.17, 15) is 4.79 Å². The summed E-state index contributed by atoms with van der Waals surface area (Å²) in [5.74, 6) is 0. The van der Waals surface area contributed by atoms with E-state index in [0.717, 1.165) is 0 Å². The third-order valence-corrected chi connectivity index (χ3v) is 1.79. The van der Waals surface area contributed by atoms with Crippen molar-refractivity contribution < 1.29 is 0 Å². The van der Waals surface area contributed by atoms with E-state index in [1.54, 1.807) is 6.07 Å². The first kappa shape index (κ1) is 7.24. The zero-order chi connectivity index (χ0) is 8.55. The molecule has 2 aromatic rings. The summed E-state index contributed by atoms with van der Waals surface area (Å²) in [5, 5.41) is 0.705. The Hall–Kier alpha value is -1.42. The standard InChI is InChI=1S/C7H4ClN3O/c8-6-5-4(1-2-9-6)7(12)11-3-10-5/h1-3H,(H,10,11,12). The van der Waals surface area contributed by atoms with Crippen molar-refractivity contribution in [3.8, 4) is 0 Å². The molecule has 0 atom stereocenters. The molecule has 0 fully saturated rings. The van der Waals surface area contributed by atoms with Crippen LogP contribution in [-0.4, -0.2) is 15.0 Å². The van der Waals surface area contributed by atoms with Gasteiger partial charge in [-0.05, 0) is 6.07 Å². The van der Waals surface area contributed by atoms with E-state index in [1.165, 1.54) is 12.5 Å². The highest BCUT2D eigenvalue weighted by molar-refractivity contribution is 6.33. The number of hydrogen-bond acceptors (Lipinski definition) is 3. The van der Waals surface area contributed by atoms with Crippen LogP contribution in [0.3, 0.4) is 0 Å².